The Labute approximate surface area is 146 Å². The molecule has 24 heavy (non-hydrogen) atoms. The van der Waals surface area contributed by atoms with Crippen molar-refractivity contribution in [2.24, 2.45) is 0 Å². The van der Waals surface area contributed by atoms with Crippen molar-refractivity contribution in [3.05, 3.63) is 51.3 Å². The van der Waals surface area contributed by atoms with E-state index in [2.05, 4.69) is 26.3 Å². The fourth-order valence-corrected chi connectivity index (χ4v) is 2.53. The molecule has 2 aromatic rings. The highest BCUT2D eigenvalue weighted by Crippen LogP contribution is 2.29. The Morgan fingerprint density at radius 3 is 2.62 bits per heavy atom. The van der Waals surface area contributed by atoms with E-state index in [0.29, 0.717) is 12.1 Å². The third-order valence-electron chi connectivity index (χ3n) is 3.59. The molecule has 0 saturated heterocycles. The van der Waals surface area contributed by atoms with Crippen LogP contribution in [-0.4, -0.2) is 15.7 Å². The fraction of sp³-hybridized carbons (Fsp3) is 0.375. The van der Waals surface area contributed by atoms with Gasteiger partial charge in [-0.3, -0.25) is 9.48 Å². The van der Waals surface area contributed by atoms with Gasteiger partial charge in [0.1, 0.15) is 0 Å². The Hall–Kier alpha value is -1.83. The van der Waals surface area contributed by atoms with Crippen molar-refractivity contribution in [2.75, 3.05) is 0 Å². The Morgan fingerprint density at radius 1 is 1.33 bits per heavy atom. The highest BCUT2D eigenvalue weighted by atomic mass is 79.9. The summed E-state index contributed by atoms with van der Waals surface area (Å²) in [4.78, 5) is 11.9. The number of hydrogen-bond acceptors (Lipinski definition) is 2. The first-order valence-electron chi connectivity index (χ1n) is 7.31. The summed E-state index contributed by atoms with van der Waals surface area (Å²) < 4.78 is 40.6. The molecule has 130 valence electrons. The Morgan fingerprint density at radius 2 is 2.04 bits per heavy atom. The third-order valence-corrected chi connectivity index (χ3v) is 4.74. The van der Waals surface area contributed by atoms with Crippen LogP contribution in [0.2, 0.25) is 0 Å². The van der Waals surface area contributed by atoms with Crippen LogP contribution in [0.5, 0.6) is 0 Å². The lowest BCUT2D eigenvalue weighted by molar-refractivity contribution is -0.137. The van der Waals surface area contributed by atoms with Gasteiger partial charge in [-0.05, 0) is 47.5 Å². The number of carbonyl (C=O) groups excluding carboxylic acids is 1. The number of benzene rings is 1. The normalized spacial score (nSPS) is 11.6. The van der Waals surface area contributed by atoms with Crippen LogP contribution in [0.1, 0.15) is 28.9 Å². The molecule has 0 atom stereocenters. The maximum absolute atomic E-state index is 12.6. The topological polar surface area (TPSA) is 46.9 Å². The van der Waals surface area contributed by atoms with Gasteiger partial charge in [-0.15, -0.1) is 0 Å². The molecule has 0 aliphatic carbocycles. The molecule has 1 aromatic carbocycles. The predicted octanol–water partition coefficient (Wildman–Crippen LogP) is 3.99. The molecule has 0 unspecified atom stereocenters. The lowest BCUT2D eigenvalue weighted by Gasteiger charge is -2.10. The molecule has 4 nitrogen and oxygen atoms in total. The number of aromatic nitrogens is 2. The molecule has 1 aromatic heterocycles. The number of amides is 1. The third kappa shape index (κ3) is 4.59. The molecule has 0 saturated carbocycles. The summed E-state index contributed by atoms with van der Waals surface area (Å²) >= 11 is 3.42. The summed E-state index contributed by atoms with van der Waals surface area (Å²) in [7, 11) is 0. The molecule has 1 N–H and O–H groups in total. The second-order valence-corrected chi connectivity index (χ2v) is 6.23. The SMILES string of the molecule is Cc1nn(CCC(=O)NCc2cccc(C(F)(F)F)c2)c(C)c1Br. The maximum Gasteiger partial charge on any atom is 0.416 e. The fourth-order valence-electron chi connectivity index (χ4n) is 2.25. The number of nitrogens with one attached hydrogen (secondary N) is 1. The smallest absolute Gasteiger partial charge is 0.352 e. The van der Waals surface area contributed by atoms with E-state index in [4.69, 9.17) is 0 Å². The number of nitrogens with zero attached hydrogens (tertiary/aromatic N) is 2. The highest BCUT2D eigenvalue weighted by Gasteiger charge is 2.30. The molecule has 8 heteroatoms. The minimum absolute atomic E-state index is 0.0591. The lowest BCUT2D eigenvalue weighted by atomic mass is 10.1. The van der Waals surface area contributed by atoms with Crippen LogP contribution in [0, 0.1) is 13.8 Å². The summed E-state index contributed by atoms with van der Waals surface area (Å²) in [5.41, 5.74) is 1.46. The first-order valence-corrected chi connectivity index (χ1v) is 8.10. The minimum atomic E-state index is -4.39. The van der Waals surface area contributed by atoms with E-state index >= 15 is 0 Å². The van der Waals surface area contributed by atoms with Gasteiger partial charge in [-0.25, -0.2) is 0 Å². The van der Waals surface area contributed by atoms with Gasteiger partial charge in [0.25, 0.3) is 0 Å². The van der Waals surface area contributed by atoms with Gasteiger partial charge in [0.2, 0.25) is 5.91 Å². The van der Waals surface area contributed by atoms with Gasteiger partial charge in [-0.2, -0.15) is 18.3 Å². The van der Waals surface area contributed by atoms with E-state index in [1.165, 1.54) is 6.07 Å². The molecular formula is C16H17BrF3N3O. The van der Waals surface area contributed by atoms with Gasteiger partial charge in [0, 0.05) is 18.7 Å². The van der Waals surface area contributed by atoms with Crippen molar-refractivity contribution in [2.45, 2.75) is 39.5 Å². The van der Waals surface area contributed by atoms with E-state index in [0.717, 1.165) is 28.0 Å². The molecule has 0 radical (unpaired) electrons. The van der Waals surface area contributed by atoms with E-state index in [9.17, 15) is 18.0 Å². The van der Waals surface area contributed by atoms with Gasteiger partial charge in [0.05, 0.1) is 22.3 Å². The first kappa shape index (κ1) is 18.5. The summed E-state index contributed by atoms with van der Waals surface area (Å²) in [5, 5.41) is 6.93. The summed E-state index contributed by atoms with van der Waals surface area (Å²) in [6.07, 6.45) is -4.18. The van der Waals surface area contributed by atoms with Gasteiger partial charge in [-0.1, -0.05) is 12.1 Å². The molecule has 0 spiro atoms. The van der Waals surface area contributed by atoms with Crippen LogP contribution in [0.15, 0.2) is 28.7 Å². The molecule has 0 fully saturated rings. The predicted molar refractivity (Wildman–Crippen MR) is 87.3 cm³/mol. The zero-order valence-electron chi connectivity index (χ0n) is 13.2. The minimum Gasteiger partial charge on any atom is -0.352 e. The van der Waals surface area contributed by atoms with Crippen molar-refractivity contribution >= 4 is 21.8 Å². The first-order chi connectivity index (χ1) is 11.2. The van der Waals surface area contributed by atoms with E-state index in [-0.39, 0.29) is 18.9 Å². The zero-order chi connectivity index (χ0) is 17.9. The number of aryl methyl sites for hydroxylation is 2. The second kappa shape index (κ2) is 7.38. The molecule has 1 heterocycles. The van der Waals surface area contributed by atoms with Crippen LogP contribution in [0.4, 0.5) is 13.2 Å². The number of halogens is 4. The molecule has 0 aliphatic heterocycles. The van der Waals surface area contributed by atoms with Crippen molar-refractivity contribution in [3.8, 4) is 0 Å². The van der Waals surface area contributed by atoms with Crippen LogP contribution in [0.25, 0.3) is 0 Å². The zero-order valence-corrected chi connectivity index (χ0v) is 14.8. The van der Waals surface area contributed by atoms with Crippen LogP contribution < -0.4 is 5.32 Å². The monoisotopic (exact) mass is 403 g/mol. The quantitative estimate of drug-likeness (QED) is 0.820. The van der Waals surface area contributed by atoms with Crippen molar-refractivity contribution in [3.63, 3.8) is 0 Å². The van der Waals surface area contributed by atoms with Crippen LogP contribution in [0.3, 0.4) is 0 Å². The number of hydrogen-bond donors (Lipinski definition) is 1. The van der Waals surface area contributed by atoms with Gasteiger partial charge in [0.15, 0.2) is 0 Å². The highest BCUT2D eigenvalue weighted by molar-refractivity contribution is 9.10. The largest absolute Gasteiger partial charge is 0.416 e. The Bertz CT molecular complexity index is 741. The summed E-state index contributed by atoms with van der Waals surface area (Å²) in [6, 6.07) is 4.93. The average molecular weight is 404 g/mol. The van der Waals surface area contributed by atoms with Crippen molar-refractivity contribution in [1.82, 2.24) is 15.1 Å². The average Bonchev–Trinajstić information content (AvgIpc) is 2.77. The number of alkyl halides is 3. The van der Waals surface area contributed by atoms with Crippen molar-refractivity contribution in [1.29, 1.82) is 0 Å². The van der Waals surface area contributed by atoms with Crippen molar-refractivity contribution < 1.29 is 18.0 Å². The molecule has 0 bridgehead atoms. The maximum atomic E-state index is 12.6. The van der Waals surface area contributed by atoms with E-state index in [1.54, 1.807) is 10.7 Å². The Balaban J connectivity index is 1.88. The molecule has 0 aliphatic rings. The van der Waals surface area contributed by atoms with E-state index in [1.807, 2.05) is 13.8 Å². The summed E-state index contributed by atoms with van der Waals surface area (Å²) in [6.45, 7) is 4.22. The second-order valence-electron chi connectivity index (χ2n) is 5.43. The van der Waals surface area contributed by atoms with Crippen LogP contribution in [-0.2, 0) is 24.1 Å². The summed E-state index contributed by atoms with van der Waals surface area (Å²) in [5.74, 6) is -0.240. The molecular weight excluding hydrogens is 387 g/mol. The molecule has 2 rings (SSSR count). The van der Waals surface area contributed by atoms with Gasteiger partial charge >= 0.3 is 6.18 Å². The Kier molecular flexibility index (Phi) is 5.69. The van der Waals surface area contributed by atoms with E-state index < -0.39 is 11.7 Å². The molecule has 1 amide bonds. The number of carbonyl (C=O) groups is 1. The van der Waals surface area contributed by atoms with Crippen LogP contribution >= 0.6 is 15.9 Å². The number of rotatable bonds is 5. The van der Waals surface area contributed by atoms with Gasteiger partial charge < -0.3 is 5.32 Å². The standard InChI is InChI=1S/C16H17BrF3N3O/c1-10-15(17)11(2)23(22-10)7-6-14(24)21-9-12-4-3-5-13(8-12)16(18,19)20/h3-5,8H,6-7,9H2,1-2H3,(H,21,24). The lowest BCUT2D eigenvalue weighted by Crippen LogP contribution is -2.24.